The molecule has 0 spiro atoms. The van der Waals surface area contributed by atoms with E-state index in [9.17, 15) is 0 Å². The van der Waals surface area contributed by atoms with E-state index in [4.69, 9.17) is 9.26 Å². The van der Waals surface area contributed by atoms with Crippen LogP contribution in [0, 0.1) is 0 Å². The highest BCUT2D eigenvalue weighted by atomic mass is 16.5. The van der Waals surface area contributed by atoms with Crippen molar-refractivity contribution in [3.05, 3.63) is 17.5 Å². The molecule has 0 fully saturated rings. The zero-order valence-electron chi connectivity index (χ0n) is 11.0. The minimum absolute atomic E-state index is 0.477. The van der Waals surface area contributed by atoms with Crippen molar-refractivity contribution in [1.82, 2.24) is 15.8 Å². The molecule has 0 aliphatic rings. The highest BCUT2D eigenvalue weighted by molar-refractivity contribution is 5.04. The number of nitrogens with one attached hydrogen (secondary N) is 2. The van der Waals surface area contributed by atoms with Gasteiger partial charge in [-0.1, -0.05) is 19.0 Å². The van der Waals surface area contributed by atoms with Gasteiger partial charge in [0.1, 0.15) is 6.61 Å². The third-order valence-electron chi connectivity index (χ3n) is 2.28. The molecule has 5 heteroatoms. The number of methoxy groups -OCH3 is 1. The van der Waals surface area contributed by atoms with Gasteiger partial charge in [0.2, 0.25) is 0 Å². The molecule has 0 saturated carbocycles. The van der Waals surface area contributed by atoms with Crippen LogP contribution in [0.15, 0.2) is 10.6 Å². The molecule has 1 rings (SSSR count). The van der Waals surface area contributed by atoms with Crippen molar-refractivity contribution in [2.45, 2.75) is 39.5 Å². The fourth-order valence-corrected chi connectivity index (χ4v) is 1.47. The van der Waals surface area contributed by atoms with Crippen LogP contribution < -0.4 is 10.6 Å². The van der Waals surface area contributed by atoms with Crippen LogP contribution in [0.25, 0.3) is 0 Å². The maximum absolute atomic E-state index is 5.09. The quantitative estimate of drug-likeness (QED) is 0.638. The predicted octanol–water partition coefficient (Wildman–Crippen LogP) is 1.30. The Labute approximate surface area is 103 Å². The predicted molar refractivity (Wildman–Crippen MR) is 66.7 cm³/mol. The molecule has 2 N–H and O–H groups in total. The van der Waals surface area contributed by atoms with Gasteiger partial charge in [-0.25, -0.2) is 0 Å². The lowest BCUT2D eigenvalue weighted by atomic mass is 10.3. The number of ether oxygens (including phenoxy) is 1. The highest BCUT2D eigenvalue weighted by Gasteiger charge is 2.02. The molecule has 0 aliphatic carbocycles. The fraction of sp³-hybridized carbons (Fsp3) is 0.750. The number of aromatic nitrogens is 1. The Hall–Kier alpha value is -0.910. The Morgan fingerprint density at radius 1 is 1.41 bits per heavy atom. The van der Waals surface area contributed by atoms with Gasteiger partial charge in [0, 0.05) is 25.8 Å². The van der Waals surface area contributed by atoms with Crippen LogP contribution in [0.4, 0.5) is 0 Å². The van der Waals surface area contributed by atoms with Crippen LogP contribution in [0.3, 0.4) is 0 Å². The van der Waals surface area contributed by atoms with Crippen molar-refractivity contribution < 1.29 is 9.26 Å². The van der Waals surface area contributed by atoms with Crippen molar-refractivity contribution >= 4 is 0 Å². The van der Waals surface area contributed by atoms with E-state index >= 15 is 0 Å². The van der Waals surface area contributed by atoms with Crippen molar-refractivity contribution in [1.29, 1.82) is 0 Å². The summed E-state index contributed by atoms with van der Waals surface area (Å²) < 4.78 is 10.0. The van der Waals surface area contributed by atoms with Gasteiger partial charge in [-0.3, -0.25) is 0 Å². The van der Waals surface area contributed by atoms with Gasteiger partial charge < -0.3 is 19.9 Å². The van der Waals surface area contributed by atoms with E-state index in [2.05, 4.69) is 29.6 Å². The van der Waals surface area contributed by atoms with Gasteiger partial charge >= 0.3 is 0 Å². The molecule has 1 heterocycles. The van der Waals surface area contributed by atoms with E-state index in [0.717, 1.165) is 37.5 Å². The summed E-state index contributed by atoms with van der Waals surface area (Å²) in [6, 6.07) is 2.48. The number of rotatable bonds is 9. The zero-order chi connectivity index (χ0) is 12.5. The first kappa shape index (κ1) is 14.2. The van der Waals surface area contributed by atoms with Crippen molar-refractivity contribution in [3.63, 3.8) is 0 Å². The Morgan fingerprint density at radius 2 is 2.24 bits per heavy atom. The van der Waals surface area contributed by atoms with Crippen LogP contribution in [0.1, 0.15) is 31.7 Å². The number of hydrogen-bond donors (Lipinski definition) is 2. The third kappa shape index (κ3) is 6.41. The van der Waals surface area contributed by atoms with E-state index < -0.39 is 0 Å². The summed E-state index contributed by atoms with van der Waals surface area (Å²) in [5.74, 6) is 0.769. The minimum Gasteiger partial charge on any atom is -0.377 e. The summed E-state index contributed by atoms with van der Waals surface area (Å²) in [5.41, 5.74) is 0.925. The first-order chi connectivity index (χ1) is 8.22. The second-order valence-corrected chi connectivity index (χ2v) is 4.36. The summed E-state index contributed by atoms with van der Waals surface area (Å²) in [4.78, 5) is 0. The minimum atomic E-state index is 0.477. The van der Waals surface area contributed by atoms with E-state index in [1.807, 2.05) is 6.07 Å². The molecule has 0 unspecified atom stereocenters. The lowest BCUT2D eigenvalue weighted by Crippen LogP contribution is -2.26. The van der Waals surface area contributed by atoms with Crippen LogP contribution in [-0.2, 0) is 17.9 Å². The van der Waals surface area contributed by atoms with Gasteiger partial charge in [-0.15, -0.1) is 0 Å². The number of nitrogens with zero attached hydrogens (tertiary/aromatic N) is 1. The van der Waals surface area contributed by atoms with E-state index in [-0.39, 0.29) is 0 Å². The molecule has 1 aromatic heterocycles. The summed E-state index contributed by atoms with van der Waals surface area (Å²) in [6.45, 7) is 7.55. The lowest BCUT2D eigenvalue weighted by molar-refractivity contribution is 0.155. The van der Waals surface area contributed by atoms with Gasteiger partial charge in [-0.05, 0) is 19.5 Å². The second kappa shape index (κ2) is 8.22. The first-order valence-electron chi connectivity index (χ1n) is 6.10. The van der Waals surface area contributed by atoms with Gasteiger partial charge in [0.05, 0.1) is 5.69 Å². The van der Waals surface area contributed by atoms with Crippen molar-refractivity contribution in [3.8, 4) is 0 Å². The average molecular weight is 241 g/mol. The monoisotopic (exact) mass is 241 g/mol. The largest absolute Gasteiger partial charge is 0.377 e. The second-order valence-electron chi connectivity index (χ2n) is 4.36. The smallest absolute Gasteiger partial charge is 0.162 e. The SMILES string of the molecule is COCc1cc(CNCCCNC(C)C)no1. The fourth-order valence-electron chi connectivity index (χ4n) is 1.47. The van der Waals surface area contributed by atoms with Gasteiger partial charge in [0.15, 0.2) is 5.76 Å². The molecule has 0 saturated heterocycles. The normalized spacial score (nSPS) is 11.3. The summed E-state index contributed by atoms with van der Waals surface area (Å²) >= 11 is 0. The molecule has 1 aromatic rings. The van der Waals surface area contributed by atoms with Gasteiger partial charge in [0.25, 0.3) is 0 Å². The van der Waals surface area contributed by atoms with Crippen LogP contribution in [0.5, 0.6) is 0 Å². The van der Waals surface area contributed by atoms with E-state index in [0.29, 0.717) is 12.6 Å². The standard InChI is InChI=1S/C12H23N3O2/c1-10(2)14-6-4-5-13-8-11-7-12(9-16-3)17-15-11/h7,10,13-14H,4-6,8-9H2,1-3H3. The Bertz CT molecular complexity index is 300. The van der Waals surface area contributed by atoms with E-state index in [1.54, 1.807) is 7.11 Å². The maximum atomic E-state index is 5.09. The number of hydrogen-bond acceptors (Lipinski definition) is 5. The molecule has 98 valence electrons. The summed E-state index contributed by atoms with van der Waals surface area (Å²) in [5, 5.41) is 10.6. The lowest BCUT2D eigenvalue weighted by Gasteiger charge is -2.07. The van der Waals surface area contributed by atoms with Crippen LogP contribution in [0.2, 0.25) is 0 Å². The van der Waals surface area contributed by atoms with Crippen LogP contribution in [-0.4, -0.2) is 31.4 Å². The summed E-state index contributed by atoms with van der Waals surface area (Å²) in [7, 11) is 1.64. The topological polar surface area (TPSA) is 59.3 Å². The first-order valence-corrected chi connectivity index (χ1v) is 6.10. The molecule has 0 bridgehead atoms. The Balaban J connectivity index is 2.05. The molecular weight excluding hydrogens is 218 g/mol. The van der Waals surface area contributed by atoms with E-state index in [1.165, 1.54) is 0 Å². The molecule has 17 heavy (non-hydrogen) atoms. The molecule has 0 radical (unpaired) electrons. The maximum Gasteiger partial charge on any atom is 0.162 e. The van der Waals surface area contributed by atoms with Crippen molar-refractivity contribution in [2.24, 2.45) is 0 Å². The highest BCUT2D eigenvalue weighted by Crippen LogP contribution is 2.04. The average Bonchev–Trinajstić information content (AvgIpc) is 2.71. The molecule has 5 nitrogen and oxygen atoms in total. The molecular formula is C12H23N3O2. The Kier molecular flexibility index (Phi) is 6.84. The summed E-state index contributed by atoms with van der Waals surface area (Å²) in [6.07, 6.45) is 1.11. The zero-order valence-corrected chi connectivity index (χ0v) is 11.0. The van der Waals surface area contributed by atoms with Crippen LogP contribution >= 0.6 is 0 Å². The molecule has 0 aromatic carbocycles. The Morgan fingerprint density at radius 3 is 2.94 bits per heavy atom. The third-order valence-corrected chi connectivity index (χ3v) is 2.28. The molecule has 0 amide bonds. The van der Waals surface area contributed by atoms with Gasteiger partial charge in [-0.2, -0.15) is 0 Å². The van der Waals surface area contributed by atoms with Crippen molar-refractivity contribution in [2.75, 3.05) is 20.2 Å². The molecule has 0 atom stereocenters. The molecule has 0 aliphatic heterocycles.